The number of carbonyl (C=O) groups is 1. The molecule has 1 amide bonds. The fraction of sp³-hybridized carbons (Fsp3) is 0.438. The highest BCUT2D eigenvalue weighted by molar-refractivity contribution is 7.19. The Bertz CT molecular complexity index is 638. The molecule has 2 aromatic rings. The highest BCUT2D eigenvalue weighted by Gasteiger charge is 2.20. The molecule has 0 saturated heterocycles. The van der Waals surface area contributed by atoms with E-state index in [4.69, 9.17) is 0 Å². The molecule has 0 bridgehead atoms. The first-order valence-corrected chi connectivity index (χ1v) is 8.22. The van der Waals surface area contributed by atoms with Crippen LogP contribution in [0.3, 0.4) is 0 Å². The summed E-state index contributed by atoms with van der Waals surface area (Å²) in [6.45, 7) is 3.64. The third kappa shape index (κ3) is 3.36. The number of unbranched alkanes of at least 4 members (excludes halogenated alkanes) is 1. The molecule has 0 atom stereocenters. The van der Waals surface area contributed by atoms with Gasteiger partial charge in [0.1, 0.15) is 6.09 Å². The predicted molar refractivity (Wildman–Crippen MR) is 83.4 cm³/mol. The molecule has 0 saturated carbocycles. The minimum absolute atomic E-state index is 0.489. The lowest BCUT2D eigenvalue weighted by Crippen LogP contribution is -2.37. The number of nitrogens with one attached hydrogen (secondary N) is 1. The summed E-state index contributed by atoms with van der Waals surface area (Å²) in [7, 11) is 0. The van der Waals surface area contributed by atoms with Crippen LogP contribution < -0.4 is 10.4 Å². The van der Waals surface area contributed by atoms with E-state index in [1.54, 1.807) is 0 Å². The second-order valence-corrected chi connectivity index (χ2v) is 6.58. The van der Waals surface area contributed by atoms with Crippen molar-refractivity contribution in [1.82, 2.24) is 10.2 Å². The lowest BCUT2D eigenvalue weighted by Gasteiger charge is -2.27. The number of hydrogen-bond acceptors (Lipinski definition) is 4. The van der Waals surface area contributed by atoms with Gasteiger partial charge >= 0.3 is 0 Å². The molecule has 1 aliphatic heterocycles. The van der Waals surface area contributed by atoms with Crippen LogP contribution in [0, 0.1) is 0 Å². The van der Waals surface area contributed by atoms with E-state index in [9.17, 15) is 9.90 Å². The van der Waals surface area contributed by atoms with E-state index >= 15 is 0 Å². The van der Waals surface area contributed by atoms with Gasteiger partial charge in [-0.3, -0.25) is 4.90 Å². The minimum Gasteiger partial charge on any atom is -0.530 e. The predicted octanol–water partition coefficient (Wildman–Crippen LogP) is 1.97. The summed E-state index contributed by atoms with van der Waals surface area (Å²) in [4.78, 5) is 14.3. The molecule has 4 nitrogen and oxygen atoms in total. The van der Waals surface area contributed by atoms with Gasteiger partial charge in [0.05, 0.1) is 0 Å². The standard InChI is InChI=1S/C16H20N2O2S/c19-16(20)17-8-3-4-9-18-10-7-15-13(11-18)12-5-1-2-6-14(12)21-15/h1-2,5-6,17H,3-4,7-11H2,(H,19,20)/p-1. The van der Waals surface area contributed by atoms with Gasteiger partial charge in [-0.25, -0.2) is 0 Å². The van der Waals surface area contributed by atoms with E-state index in [2.05, 4.69) is 34.5 Å². The first-order chi connectivity index (χ1) is 10.2. The number of thiophene rings is 1. The molecule has 0 aliphatic carbocycles. The molecular weight excluding hydrogens is 284 g/mol. The van der Waals surface area contributed by atoms with Crippen LogP contribution in [0.4, 0.5) is 4.79 Å². The molecule has 0 radical (unpaired) electrons. The molecule has 3 rings (SSSR count). The number of carboxylic acid groups (broad SMARTS) is 1. The van der Waals surface area contributed by atoms with Gasteiger partial charge < -0.3 is 15.2 Å². The minimum atomic E-state index is -1.18. The van der Waals surface area contributed by atoms with Gasteiger partial charge in [0.25, 0.3) is 0 Å². The summed E-state index contributed by atoms with van der Waals surface area (Å²) in [6, 6.07) is 8.64. The monoisotopic (exact) mass is 303 g/mol. The van der Waals surface area contributed by atoms with E-state index in [1.807, 2.05) is 11.3 Å². The average molecular weight is 303 g/mol. The van der Waals surface area contributed by atoms with Crippen molar-refractivity contribution < 1.29 is 9.90 Å². The molecule has 1 aromatic carbocycles. The maximum Gasteiger partial charge on any atom is 0.134 e. The zero-order valence-corrected chi connectivity index (χ0v) is 12.7. The third-order valence-electron chi connectivity index (χ3n) is 3.99. The highest BCUT2D eigenvalue weighted by Crippen LogP contribution is 2.34. The Morgan fingerprint density at radius 1 is 1.33 bits per heavy atom. The number of hydrogen-bond donors (Lipinski definition) is 1. The SMILES string of the molecule is O=C([O-])NCCCCN1CCc2sc3ccccc3c2C1. The van der Waals surface area contributed by atoms with Gasteiger partial charge in [-0.15, -0.1) is 11.3 Å². The smallest absolute Gasteiger partial charge is 0.134 e. The fourth-order valence-electron chi connectivity index (χ4n) is 2.93. The Labute approximate surface area is 128 Å². The third-order valence-corrected chi connectivity index (χ3v) is 5.26. The van der Waals surface area contributed by atoms with Gasteiger partial charge in [-0.2, -0.15) is 0 Å². The Hall–Kier alpha value is -1.59. The molecule has 5 heteroatoms. The van der Waals surface area contributed by atoms with Gasteiger partial charge in [-0.1, -0.05) is 18.2 Å². The van der Waals surface area contributed by atoms with Crippen molar-refractivity contribution in [3.8, 4) is 0 Å². The van der Waals surface area contributed by atoms with Crippen LogP contribution in [0.1, 0.15) is 23.3 Å². The number of benzene rings is 1. The normalized spacial score (nSPS) is 15.0. The maximum absolute atomic E-state index is 10.3. The van der Waals surface area contributed by atoms with Crippen molar-refractivity contribution in [3.05, 3.63) is 34.7 Å². The summed E-state index contributed by atoms with van der Waals surface area (Å²) in [5, 5.41) is 14.0. The first-order valence-electron chi connectivity index (χ1n) is 7.40. The van der Waals surface area contributed by atoms with Crippen molar-refractivity contribution in [2.45, 2.75) is 25.8 Å². The highest BCUT2D eigenvalue weighted by atomic mass is 32.1. The van der Waals surface area contributed by atoms with Crippen molar-refractivity contribution in [2.75, 3.05) is 19.6 Å². The van der Waals surface area contributed by atoms with E-state index in [1.165, 1.54) is 20.5 Å². The van der Waals surface area contributed by atoms with Crippen molar-refractivity contribution in [1.29, 1.82) is 0 Å². The lowest BCUT2D eigenvalue weighted by molar-refractivity contribution is -0.250. The van der Waals surface area contributed by atoms with E-state index in [-0.39, 0.29) is 0 Å². The van der Waals surface area contributed by atoms with E-state index < -0.39 is 6.09 Å². The van der Waals surface area contributed by atoms with E-state index in [0.717, 1.165) is 38.9 Å². The summed E-state index contributed by atoms with van der Waals surface area (Å²) in [6.07, 6.45) is 1.83. The van der Waals surface area contributed by atoms with Crippen LogP contribution in [-0.2, 0) is 13.0 Å². The Morgan fingerprint density at radius 3 is 3.05 bits per heavy atom. The summed E-state index contributed by atoms with van der Waals surface area (Å²) >= 11 is 1.93. The number of amides is 1. The molecular formula is C16H19N2O2S-. The van der Waals surface area contributed by atoms with Crippen molar-refractivity contribution >= 4 is 27.5 Å². The van der Waals surface area contributed by atoms with Crippen LogP contribution in [0.5, 0.6) is 0 Å². The topological polar surface area (TPSA) is 55.4 Å². The second kappa shape index (κ2) is 6.45. The van der Waals surface area contributed by atoms with Crippen molar-refractivity contribution in [2.24, 2.45) is 0 Å². The van der Waals surface area contributed by atoms with Gasteiger partial charge in [0.15, 0.2) is 0 Å². The number of fused-ring (bicyclic) bond motifs is 3. The van der Waals surface area contributed by atoms with Crippen LogP contribution in [0.15, 0.2) is 24.3 Å². The Balaban J connectivity index is 1.56. The summed E-state index contributed by atoms with van der Waals surface area (Å²) in [5.41, 5.74) is 1.50. The molecule has 21 heavy (non-hydrogen) atoms. The zero-order chi connectivity index (χ0) is 14.7. The van der Waals surface area contributed by atoms with Gasteiger partial charge in [-0.05, 0) is 42.8 Å². The van der Waals surface area contributed by atoms with Crippen LogP contribution in [-0.4, -0.2) is 30.6 Å². The zero-order valence-electron chi connectivity index (χ0n) is 11.9. The van der Waals surface area contributed by atoms with Gasteiger partial charge in [0.2, 0.25) is 0 Å². The van der Waals surface area contributed by atoms with Crippen LogP contribution >= 0.6 is 11.3 Å². The molecule has 112 valence electrons. The average Bonchev–Trinajstić information content (AvgIpc) is 2.84. The van der Waals surface area contributed by atoms with Crippen LogP contribution in [0.25, 0.3) is 10.1 Å². The largest absolute Gasteiger partial charge is 0.530 e. The lowest BCUT2D eigenvalue weighted by atomic mass is 10.0. The number of carbonyl (C=O) groups excluding carboxylic acids is 1. The fourth-order valence-corrected chi connectivity index (χ4v) is 4.13. The summed E-state index contributed by atoms with van der Waals surface area (Å²) in [5.74, 6) is 0. The number of rotatable bonds is 5. The van der Waals surface area contributed by atoms with Crippen molar-refractivity contribution in [3.63, 3.8) is 0 Å². The number of nitrogens with zero attached hydrogens (tertiary/aromatic N) is 1. The van der Waals surface area contributed by atoms with Crippen LogP contribution in [0.2, 0.25) is 0 Å². The first kappa shape index (κ1) is 14.4. The second-order valence-electron chi connectivity index (χ2n) is 5.45. The molecule has 2 heterocycles. The molecule has 1 N–H and O–H groups in total. The maximum atomic E-state index is 10.3. The molecule has 0 fully saturated rings. The Kier molecular flexibility index (Phi) is 4.41. The quantitative estimate of drug-likeness (QED) is 0.859. The molecule has 0 spiro atoms. The van der Waals surface area contributed by atoms with E-state index in [0.29, 0.717) is 6.54 Å². The van der Waals surface area contributed by atoms with Gasteiger partial charge in [0, 0.05) is 29.2 Å². The molecule has 1 aliphatic rings. The summed E-state index contributed by atoms with van der Waals surface area (Å²) < 4.78 is 1.39. The Morgan fingerprint density at radius 2 is 2.19 bits per heavy atom. The molecule has 1 aromatic heterocycles. The molecule has 0 unspecified atom stereocenters.